The third kappa shape index (κ3) is 7.47. The molecule has 6 nitrogen and oxygen atoms in total. The van der Waals surface area contributed by atoms with Gasteiger partial charge in [-0.3, -0.25) is 4.18 Å². The molecule has 0 bridgehead atoms. The van der Waals surface area contributed by atoms with Crippen molar-refractivity contribution in [1.82, 2.24) is 0 Å². The summed E-state index contributed by atoms with van der Waals surface area (Å²) in [5, 5.41) is 0. The van der Waals surface area contributed by atoms with Crippen LogP contribution in [0.15, 0.2) is 24.3 Å². The summed E-state index contributed by atoms with van der Waals surface area (Å²) in [7, 11) is -3.48. The number of hydrogen-bond donors (Lipinski definition) is 0. The highest BCUT2D eigenvalue weighted by Crippen LogP contribution is 2.22. The predicted molar refractivity (Wildman–Crippen MR) is 86.6 cm³/mol. The van der Waals surface area contributed by atoms with Crippen LogP contribution in [0.25, 0.3) is 0 Å². The Hall–Kier alpha value is -1.60. The van der Waals surface area contributed by atoms with Crippen LogP contribution in [0.1, 0.15) is 40.2 Å². The molecule has 1 aromatic carbocycles. The number of esters is 1. The van der Waals surface area contributed by atoms with Gasteiger partial charge < -0.3 is 9.47 Å². The molecule has 0 saturated carbocycles. The molecule has 0 N–H and O–H groups in total. The van der Waals surface area contributed by atoms with Crippen LogP contribution in [-0.4, -0.2) is 31.8 Å². The maximum Gasteiger partial charge on any atom is 0.350 e. The van der Waals surface area contributed by atoms with Crippen molar-refractivity contribution in [2.45, 2.75) is 52.4 Å². The first-order valence-corrected chi connectivity index (χ1v) is 8.96. The first kappa shape index (κ1) is 19.4. The molecule has 7 heteroatoms. The second kappa shape index (κ2) is 6.88. The van der Waals surface area contributed by atoms with Gasteiger partial charge in [-0.15, -0.1) is 0 Å². The van der Waals surface area contributed by atoms with Crippen molar-refractivity contribution in [3.05, 3.63) is 29.8 Å². The van der Waals surface area contributed by atoms with E-state index in [9.17, 15) is 13.2 Å². The summed E-state index contributed by atoms with van der Waals surface area (Å²) in [6, 6.07) is 6.64. The lowest BCUT2D eigenvalue weighted by atomic mass is 10.1. The highest BCUT2D eigenvalue weighted by Gasteiger charge is 2.34. The van der Waals surface area contributed by atoms with Gasteiger partial charge in [0.25, 0.3) is 10.1 Å². The Morgan fingerprint density at radius 1 is 1.04 bits per heavy atom. The van der Waals surface area contributed by atoms with Gasteiger partial charge in [0.05, 0.1) is 12.9 Å². The standard InChI is InChI=1S/C16H24O6S/c1-15(2,3)22-14(17)16(4,5)21-13-9-7-12(8-10-13)11-20-23(6,18)19/h7-10H,11H2,1-6H3. The van der Waals surface area contributed by atoms with E-state index in [1.165, 1.54) is 0 Å². The normalized spacial score (nSPS) is 12.8. The van der Waals surface area contributed by atoms with E-state index in [1.807, 2.05) is 0 Å². The van der Waals surface area contributed by atoms with Crippen LogP contribution in [-0.2, 0) is 30.4 Å². The summed E-state index contributed by atoms with van der Waals surface area (Å²) in [4.78, 5) is 12.1. The number of hydrogen-bond acceptors (Lipinski definition) is 6. The molecule has 0 saturated heterocycles. The molecule has 0 amide bonds. The molecule has 0 radical (unpaired) electrons. The maximum absolute atomic E-state index is 12.1. The monoisotopic (exact) mass is 344 g/mol. The van der Waals surface area contributed by atoms with Gasteiger partial charge in [-0.05, 0) is 52.3 Å². The molecule has 1 aromatic rings. The third-order valence-corrected chi connectivity index (χ3v) is 3.17. The second-order valence-corrected chi connectivity index (χ2v) is 8.37. The fraction of sp³-hybridized carbons (Fsp3) is 0.562. The molecule has 0 spiro atoms. The summed E-state index contributed by atoms with van der Waals surface area (Å²) in [6.07, 6.45) is 0.994. The molecule has 0 aromatic heterocycles. The summed E-state index contributed by atoms with van der Waals surface area (Å²) in [6.45, 7) is 8.57. The molecule has 0 fully saturated rings. The van der Waals surface area contributed by atoms with Crippen molar-refractivity contribution < 1.29 is 26.9 Å². The first-order chi connectivity index (χ1) is 10.3. The topological polar surface area (TPSA) is 78.9 Å². The molecule has 130 valence electrons. The van der Waals surface area contributed by atoms with Gasteiger partial charge in [-0.1, -0.05) is 12.1 Å². The van der Waals surface area contributed by atoms with E-state index in [0.29, 0.717) is 11.3 Å². The van der Waals surface area contributed by atoms with Gasteiger partial charge in [-0.25, -0.2) is 4.79 Å². The molecule has 0 aliphatic carbocycles. The summed E-state index contributed by atoms with van der Waals surface area (Å²) in [5.41, 5.74) is -1.05. The average Bonchev–Trinajstić information content (AvgIpc) is 2.34. The van der Waals surface area contributed by atoms with Crippen molar-refractivity contribution in [2.75, 3.05) is 6.26 Å². The van der Waals surface area contributed by atoms with Gasteiger partial charge in [0.15, 0.2) is 5.60 Å². The Labute approximate surface area is 137 Å². The van der Waals surface area contributed by atoms with E-state index < -0.39 is 27.3 Å². The van der Waals surface area contributed by atoms with Gasteiger partial charge >= 0.3 is 5.97 Å². The fourth-order valence-electron chi connectivity index (χ4n) is 1.57. The Balaban J connectivity index is 2.71. The van der Waals surface area contributed by atoms with Gasteiger partial charge in [0.1, 0.15) is 11.4 Å². The van der Waals surface area contributed by atoms with Crippen molar-refractivity contribution >= 4 is 16.1 Å². The second-order valence-electron chi connectivity index (χ2n) is 6.72. The lowest BCUT2D eigenvalue weighted by molar-refractivity contribution is -0.170. The van der Waals surface area contributed by atoms with Crippen molar-refractivity contribution in [1.29, 1.82) is 0 Å². The zero-order valence-electron chi connectivity index (χ0n) is 14.4. The van der Waals surface area contributed by atoms with E-state index in [1.54, 1.807) is 58.9 Å². The van der Waals surface area contributed by atoms with E-state index in [0.717, 1.165) is 6.26 Å². The Morgan fingerprint density at radius 3 is 2.00 bits per heavy atom. The lowest BCUT2D eigenvalue weighted by Gasteiger charge is -2.29. The van der Waals surface area contributed by atoms with Crippen molar-refractivity contribution in [3.8, 4) is 5.75 Å². The number of ether oxygens (including phenoxy) is 2. The SMILES string of the molecule is CC(C)(C)OC(=O)C(C)(C)Oc1ccc(COS(C)(=O)=O)cc1. The molecule has 0 aliphatic rings. The summed E-state index contributed by atoms with van der Waals surface area (Å²) >= 11 is 0. The minimum absolute atomic E-state index is 0.0471. The molecule has 0 heterocycles. The Kier molecular flexibility index (Phi) is 5.82. The lowest BCUT2D eigenvalue weighted by Crippen LogP contribution is -2.43. The number of benzene rings is 1. The molecule has 23 heavy (non-hydrogen) atoms. The predicted octanol–water partition coefficient (Wildman–Crippen LogP) is 2.66. The van der Waals surface area contributed by atoms with E-state index >= 15 is 0 Å². The van der Waals surface area contributed by atoms with Crippen LogP contribution >= 0.6 is 0 Å². The van der Waals surface area contributed by atoms with Gasteiger partial charge in [-0.2, -0.15) is 8.42 Å². The zero-order valence-corrected chi connectivity index (χ0v) is 15.2. The van der Waals surface area contributed by atoms with E-state index in [-0.39, 0.29) is 6.61 Å². The van der Waals surface area contributed by atoms with Gasteiger partial charge in [0, 0.05) is 0 Å². The molecular weight excluding hydrogens is 320 g/mol. The number of carbonyl (C=O) groups is 1. The minimum atomic E-state index is -3.48. The number of rotatable bonds is 6. The molecule has 1 rings (SSSR count). The molecule has 0 atom stereocenters. The largest absolute Gasteiger partial charge is 0.476 e. The quantitative estimate of drug-likeness (QED) is 0.583. The van der Waals surface area contributed by atoms with Crippen LogP contribution in [0.2, 0.25) is 0 Å². The third-order valence-electron chi connectivity index (χ3n) is 2.63. The van der Waals surface area contributed by atoms with E-state index in [2.05, 4.69) is 0 Å². The summed E-state index contributed by atoms with van der Waals surface area (Å²) in [5.74, 6) is 0.0125. The summed E-state index contributed by atoms with van der Waals surface area (Å²) < 4.78 is 37.6. The highest BCUT2D eigenvalue weighted by molar-refractivity contribution is 7.85. The van der Waals surface area contributed by atoms with Crippen LogP contribution in [0.5, 0.6) is 5.75 Å². The average molecular weight is 344 g/mol. The zero-order chi connectivity index (χ0) is 17.9. The number of carbonyl (C=O) groups excluding carboxylic acids is 1. The van der Waals surface area contributed by atoms with Crippen LogP contribution in [0.4, 0.5) is 0 Å². The molecular formula is C16H24O6S. The molecule has 0 unspecified atom stereocenters. The first-order valence-electron chi connectivity index (χ1n) is 7.14. The highest BCUT2D eigenvalue weighted by atomic mass is 32.2. The van der Waals surface area contributed by atoms with Crippen LogP contribution < -0.4 is 4.74 Å². The molecule has 0 aliphatic heterocycles. The Morgan fingerprint density at radius 2 is 1.57 bits per heavy atom. The Bertz CT molecular complexity index is 638. The fourth-order valence-corrected chi connectivity index (χ4v) is 1.92. The van der Waals surface area contributed by atoms with Crippen LogP contribution in [0, 0.1) is 0 Å². The van der Waals surface area contributed by atoms with Crippen molar-refractivity contribution in [2.24, 2.45) is 0 Å². The smallest absolute Gasteiger partial charge is 0.350 e. The minimum Gasteiger partial charge on any atom is -0.476 e. The van der Waals surface area contributed by atoms with E-state index in [4.69, 9.17) is 13.7 Å². The maximum atomic E-state index is 12.1. The van der Waals surface area contributed by atoms with Gasteiger partial charge in [0.2, 0.25) is 0 Å². The van der Waals surface area contributed by atoms with Crippen molar-refractivity contribution in [3.63, 3.8) is 0 Å². The van der Waals surface area contributed by atoms with Crippen LogP contribution in [0.3, 0.4) is 0 Å².